The van der Waals surface area contributed by atoms with Crippen molar-refractivity contribution >= 4 is 0 Å². The van der Waals surface area contributed by atoms with Gasteiger partial charge in [-0.15, -0.1) is 0 Å². The van der Waals surface area contributed by atoms with E-state index in [2.05, 4.69) is 60.7 Å². The van der Waals surface area contributed by atoms with Crippen molar-refractivity contribution in [1.29, 1.82) is 0 Å². The van der Waals surface area contributed by atoms with Gasteiger partial charge in [-0.25, -0.2) is 0 Å². The Balaban J connectivity index is 0. The molecule has 4 aromatic rings. The summed E-state index contributed by atoms with van der Waals surface area (Å²) in [6, 6.07) is 40.6. The molecule has 0 aliphatic heterocycles. The van der Waals surface area contributed by atoms with Crippen LogP contribution in [0.3, 0.4) is 0 Å². The topological polar surface area (TPSA) is 9.23 Å². The van der Waals surface area contributed by atoms with Gasteiger partial charge < -0.3 is 4.74 Å². The summed E-state index contributed by atoms with van der Waals surface area (Å²) in [6.45, 7) is 16.0. The Kier molecular flexibility index (Phi) is 25.1. The molecule has 0 heterocycles. The number of ether oxygens (including phenoxy) is 1. The van der Waals surface area contributed by atoms with E-state index < -0.39 is 0 Å². The lowest BCUT2D eigenvalue weighted by atomic mass is 10.1. The number of rotatable bonds is 4. The molecule has 0 aliphatic rings. The molecule has 0 fully saturated rings. The monoisotopic (exact) mass is 458 g/mol. The average Bonchev–Trinajstić information content (AvgIpc) is 2.96. The van der Waals surface area contributed by atoms with Gasteiger partial charge in [0.2, 0.25) is 0 Å². The maximum absolute atomic E-state index is 5.58. The summed E-state index contributed by atoms with van der Waals surface area (Å²) in [6.07, 6.45) is 1.03. The number of hydrogen-bond acceptors (Lipinski definition) is 1. The van der Waals surface area contributed by atoms with Gasteiger partial charge >= 0.3 is 0 Å². The van der Waals surface area contributed by atoms with Gasteiger partial charge in [0.25, 0.3) is 0 Å². The van der Waals surface area contributed by atoms with Crippen LogP contribution in [0.15, 0.2) is 121 Å². The van der Waals surface area contributed by atoms with Crippen molar-refractivity contribution in [1.82, 2.24) is 0 Å². The maximum Gasteiger partial charge on any atom is 0.127 e. The van der Waals surface area contributed by atoms with Crippen LogP contribution in [-0.4, -0.2) is 0 Å². The summed E-state index contributed by atoms with van der Waals surface area (Å²) >= 11 is 0. The van der Waals surface area contributed by atoms with E-state index in [0.717, 1.165) is 17.9 Å². The van der Waals surface area contributed by atoms with Crippen LogP contribution < -0.4 is 4.74 Å². The highest BCUT2D eigenvalue weighted by atomic mass is 16.5. The quantitative estimate of drug-likeness (QED) is 0.295. The Labute approximate surface area is 210 Å². The molecule has 0 bridgehead atoms. The Morgan fingerprint density at radius 3 is 0.853 bits per heavy atom. The van der Waals surface area contributed by atoms with E-state index in [4.69, 9.17) is 4.74 Å². The summed E-state index contributed by atoms with van der Waals surface area (Å²) in [5.74, 6) is 1.74. The number of benzene rings is 4. The van der Waals surface area contributed by atoms with Gasteiger partial charge in [0.1, 0.15) is 11.5 Å². The second-order valence-corrected chi connectivity index (χ2v) is 5.88. The molecular formula is C33H46O. The predicted octanol–water partition coefficient (Wildman–Crippen LogP) is 10.9. The third kappa shape index (κ3) is 16.3. The van der Waals surface area contributed by atoms with Gasteiger partial charge in [-0.05, 0) is 41.8 Å². The summed E-state index contributed by atoms with van der Waals surface area (Å²) in [5, 5.41) is 0. The fourth-order valence-corrected chi connectivity index (χ4v) is 2.54. The molecule has 0 radical (unpaired) electrons. The first-order valence-electron chi connectivity index (χ1n) is 12.8. The normalized spacial score (nSPS) is 8.12. The number of hydrogen-bond donors (Lipinski definition) is 0. The maximum atomic E-state index is 5.58. The second-order valence-electron chi connectivity index (χ2n) is 5.88. The van der Waals surface area contributed by atoms with Crippen molar-refractivity contribution in [2.75, 3.05) is 0 Å². The van der Waals surface area contributed by atoms with Crippen molar-refractivity contribution in [2.24, 2.45) is 0 Å². The summed E-state index contributed by atoms with van der Waals surface area (Å²) in [5.41, 5.74) is 2.74. The van der Waals surface area contributed by atoms with Gasteiger partial charge in [0.15, 0.2) is 0 Å². The SMILES string of the molecule is CC.CC.CC.CC.c1ccc(Cc2ccccc2)cc1.c1ccc(Oc2ccccc2)cc1. The third-order valence-corrected chi connectivity index (χ3v) is 3.82. The third-order valence-electron chi connectivity index (χ3n) is 3.82. The van der Waals surface area contributed by atoms with Crippen LogP contribution in [0.5, 0.6) is 11.5 Å². The zero-order valence-corrected chi connectivity index (χ0v) is 22.7. The van der Waals surface area contributed by atoms with E-state index >= 15 is 0 Å². The van der Waals surface area contributed by atoms with Crippen LogP contribution in [0.1, 0.15) is 66.5 Å². The molecule has 0 N–H and O–H groups in total. The summed E-state index contributed by atoms with van der Waals surface area (Å²) in [7, 11) is 0. The molecule has 0 aromatic heterocycles. The van der Waals surface area contributed by atoms with Crippen molar-refractivity contribution < 1.29 is 4.74 Å². The highest BCUT2D eigenvalue weighted by Gasteiger charge is 1.93. The molecule has 0 atom stereocenters. The van der Waals surface area contributed by atoms with E-state index in [9.17, 15) is 0 Å². The zero-order valence-electron chi connectivity index (χ0n) is 22.7. The highest BCUT2D eigenvalue weighted by Crippen LogP contribution is 2.19. The van der Waals surface area contributed by atoms with Crippen LogP contribution in [0, 0.1) is 0 Å². The molecule has 0 saturated carbocycles. The molecule has 0 spiro atoms. The highest BCUT2D eigenvalue weighted by molar-refractivity contribution is 5.30. The first-order valence-corrected chi connectivity index (χ1v) is 12.8. The van der Waals surface area contributed by atoms with Crippen molar-refractivity contribution in [3.8, 4) is 11.5 Å². The molecule has 0 aliphatic carbocycles. The standard InChI is InChI=1S/C13H12.C12H10O.4C2H6/c1-3-7-12(8-4-1)11-13-9-5-2-6-10-13;1-3-7-11(8-4-1)13-12-9-5-2-6-10-12;4*1-2/h1-10H,11H2;1-10H;4*1-2H3. The first kappa shape index (κ1) is 32.9. The fraction of sp³-hybridized carbons (Fsp3) is 0.273. The molecular weight excluding hydrogens is 412 g/mol. The van der Waals surface area contributed by atoms with Gasteiger partial charge in [-0.1, -0.05) is 152 Å². The lowest BCUT2D eigenvalue weighted by Crippen LogP contribution is -1.85. The second kappa shape index (κ2) is 25.9. The van der Waals surface area contributed by atoms with Crippen LogP contribution in [0.4, 0.5) is 0 Å². The minimum absolute atomic E-state index is 0.869. The van der Waals surface area contributed by atoms with E-state index in [1.54, 1.807) is 0 Å². The van der Waals surface area contributed by atoms with Crippen molar-refractivity contribution in [2.45, 2.75) is 61.8 Å². The fourth-order valence-electron chi connectivity index (χ4n) is 2.54. The molecule has 0 saturated heterocycles. The molecule has 184 valence electrons. The Bertz CT molecular complexity index is 705. The minimum atomic E-state index is 0.869. The van der Waals surface area contributed by atoms with Gasteiger partial charge in [-0.2, -0.15) is 0 Å². The average molecular weight is 459 g/mol. The van der Waals surface area contributed by atoms with E-state index in [0.29, 0.717) is 0 Å². The molecule has 1 nitrogen and oxygen atoms in total. The van der Waals surface area contributed by atoms with E-state index in [1.165, 1.54) is 11.1 Å². The van der Waals surface area contributed by atoms with Gasteiger partial charge in [0, 0.05) is 0 Å². The summed E-state index contributed by atoms with van der Waals surface area (Å²) in [4.78, 5) is 0. The Morgan fingerprint density at radius 2 is 0.588 bits per heavy atom. The van der Waals surface area contributed by atoms with E-state index in [-0.39, 0.29) is 0 Å². The zero-order chi connectivity index (χ0) is 25.9. The largest absolute Gasteiger partial charge is 0.457 e. The summed E-state index contributed by atoms with van der Waals surface area (Å²) < 4.78 is 5.58. The lowest BCUT2D eigenvalue weighted by molar-refractivity contribution is 0.482. The van der Waals surface area contributed by atoms with Gasteiger partial charge in [0.05, 0.1) is 0 Å². The minimum Gasteiger partial charge on any atom is -0.457 e. The molecule has 4 rings (SSSR count). The van der Waals surface area contributed by atoms with Gasteiger partial charge in [-0.3, -0.25) is 0 Å². The smallest absolute Gasteiger partial charge is 0.127 e. The molecule has 0 amide bonds. The Hall–Kier alpha value is -3.32. The molecule has 1 heteroatoms. The van der Waals surface area contributed by atoms with Crippen LogP contribution >= 0.6 is 0 Å². The number of para-hydroxylation sites is 2. The molecule has 34 heavy (non-hydrogen) atoms. The van der Waals surface area contributed by atoms with Crippen LogP contribution in [-0.2, 0) is 6.42 Å². The van der Waals surface area contributed by atoms with Crippen LogP contribution in [0.2, 0.25) is 0 Å². The molecule has 0 unspecified atom stereocenters. The van der Waals surface area contributed by atoms with Crippen molar-refractivity contribution in [3.63, 3.8) is 0 Å². The molecule has 4 aromatic carbocycles. The Morgan fingerprint density at radius 1 is 0.353 bits per heavy atom. The van der Waals surface area contributed by atoms with Crippen LogP contribution in [0.25, 0.3) is 0 Å². The predicted molar refractivity (Wildman–Crippen MR) is 154 cm³/mol. The first-order chi connectivity index (χ1) is 16.9. The lowest BCUT2D eigenvalue weighted by Gasteiger charge is -2.03. The van der Waals surface area contributed by atoms with E-state index in [1.807, 2.05) is 116 Å². The van der Waals surface area contributed by atoms with Crippen molar-refractivity contribution in [3.05, 3.63) is 132 Å².